The molecule has 1 aromatic heterocycles. The van der Waals surface area contributed by atoms with Gasteiger partial charge in [-0.15, -0.1) is 0 Å². The van der Waals surface area contributed by atoms with Crippen LogP contribution >= 0.6 is 0 Å². The van der Waals surface area contributed by atoms with E-state index < -0.39 is 10.0 Å². The van der Waals surface area contributed by atoms with E-state index in [9.17, 15) is 8.42 Å². The predicted octanol–water partition coefficient (Wildman–Crippen LogP) is 0.00900. The summed E-state index contributed by atoms with van der Waals surface area (Å²) in [6.07, 6.45) is 4.05. The van der Waals surface area contributed by atoms with Crippen molar-refractivity contribution >= 4 is 10.0 Å². The summed E-state index contributed by atoms with van der Waals surface area (Å²) in [6, 6.07) is 3.97. The van der Waals surface area contributed by atoms with Gasteiger partial charge in [0.2, 0.25) is 0 Å². The number of piperazine rings is 1. The maximum absolute atomic E-state index is 12.5. The van der Waals surface area contributed by atoms with Crippen LogP contribution in [-0.4, -0.2) is 54.8 Å². The van der Waals surface area contributed by atoms with E-state index in [1.54, 1.807) is 12.1 Å². The Bertz CT molecular complexity index is 561. The summed E-state index contributed by atoms with van der Waals surface area (Å²) in [6.45, 7) is 3.13. The van der Waals surface area contributed by atoms with Gasteiger partial charge < -0.3 is 5.73 Å². The van der Waals surface area contributed by atoms with Crippen molar-refractivity contribution < 1.29 is 8.42 Å². The molecule has 2 heterocycles. The lowest BCUT2D eigenvalue weighted by Crippen LogP contribution is -2.49. The Balaban J connectivity index is 1.71. The van der Waals surface area contributed by atoms with Gasteiger partial charge in [-0.1, -0.05) is 6.07 Å². The summed E-state index contributed by atoms with van der Waals surface area (Å²) in [5, 5.41) is 0.120. The quantitative estimate of drug-likeness (QED) is 0.846. The topological polar surface area (TPSA) is 79.5 Å². The van der Waals surface area contributed by atoms with Crippen LogP contribution in [0.25, 0.3) is 0 Å². The Labute approximate surface area is 119 Å². The largest absolute Gasteiger partial charge is 0.326 e. The first kappa shape index (κ1) is 13.9. The predicted molar refractivity (Wildman–Crippen MR) is 75.5 cm³/mol. The van der Waals surface area contributed by atoms with E-state index in [0.29, 0.717) is 25.7 Å². The van der Waals surface area contributed by atoms with Gasteiger partial charge in [0, 0.05) is 45.0 Å². The molecular weight excluding hydrogens is 276 g/mol. The van der Waals surface area contributed by atoms with Crippen LogP contribution < -0.4 is 5.73 Å². The molecule has 0 spiro atoms. The number of nitrogens with two attached hydrogens (primary N) is 1. The minimum atomic E-state index is -3.46. The van der Waals surface area contributed by atoms with Gasteiger partial charge in [0.15, 0.2) is 5.03 Å². The average molecular weight is 296 g/mol. The molecule has 3 rings (SSSR count). The Morgan fingerprint density at radius 2 is 1.90 bits per heavy atom. The van der Waals surface area contributed by atoms with E-state index in [-0.39, 0.29) is 5.03 Å². The van der Waals surface area contributed by atoms with Gasteiger partial charge in [0.05, 0.1) is 0 Å². The van der Waals surface area contributed by atoms with E-state index in [1.165, 1.54) is 23.3 Å². The number of nitrogens with zero attached hydrogens (tertiary/aromatic N) is 3. The van der Waals surface area contributed by atoms with E-state index in [4.69, 9.17) is 5.73 Å². The smallest absolute Gasteiger partial charge is 0.260 e. The number of hydrogen-bond donors (Lipinski definition) is 1. The normalized spacial score (nSPS) is 22.1. The molecule has 7 heteroatoms. The molecule has 110 valence electrons. The maximum atomic E-state index is 12.5. The number of sulfonamides is 1. The van der Waals surface area contributed by atoms with Gasteiger partial charge in [0.1, 0.15) is 0 Å². The van der Waals surface area contributed by atoms with Gasteiger partial charge in [-0.3, -0.25) is 4.90 Å². The molecule has 1 aliphatic carbocycles. The minimum Gasteiger partial charge on any atom is -0.326 e. The first-order valence-electron chi connectivity index (χ1n) is 7.00. The Morgan fingerprint density at radius 3 is 2.40 bits per heavy atom. The standard InChI is InChI=1S/C13H20N4O2S/c14-9-11-1-4-13(15-10-11)20(18,19)17-7-5-16(6-8-17)12-2-3-12/h1,4,10,12H,2-3,5-9,14H2. The van der Waals surface area contributed by atoms with Crippen LogP contribution in [0.5, 0.6) is 0 Å². The molecule has 2 N–H and O–H groups in total. The first-order chi connectivity index (χ1) is 9.61. The lowest BCUT2D eigenvalue weighted by Gasteiger charge is -2.33. The van der Waals surface area contributed by atoms with Crippen LogP contribution in [-0.2, 0) is 16.6 Å². The van der Waals surface area contributed by atoms with Gasteiger partial charge in [-0.25, -0.2) is 13.4 Å². The van der Waals surface area contributed by atoms with E-state index >= 15 is 0 Å². The molecule has 2 aliphatic rings. The van der Waals surface area contributed by atoms with Gasteiger partial charge in [-0.2, -0.15) is 4.31 Å². The van der Waals surface area contributed by atoms with Gasteiger partial charge in [0.25, 0.3) is 10.0 Å². The van der Waals surface area contributed by atoms with Crippen LogP contribution in [0.1, 0.15) is 18.4 Å². The number of pyridine rings is 1. The van der Waals surface area contributed by atoms with Crippen molar-refractivity contribution in [2.75, 3.05) is 26.2 Å². The molecule has 0 bridgehead atoms. The molecule has 1 saturated heterocycles. The molecule has 1 aliphatic heterocycles. The van der Waals surface area contributed by atoms with Gasteiger partial charge in [-0.05, 0) is 24.5 Å². The van der Waals surface area contributed by atoms with Crippen LogP contribution in [0.2, 0.25) is 0 Å². The molecule has 0 amide bonds. The van der Waals surface area contributed by atoms with Crippen molar-refractivity contribution in [1.29, 1.82) is 0 Å². The highest BCUT2D eigenvalue weighted by Crippen LogP contribution is 2.28. The molecule has 20 heavy (non-hydrogen) atoms. The average Bonchev–Trinajstić information content (AvgIpc) is 3.32. The summed E-state index contributed by atoms with van der Waals surface area (Å²) in [5.41, 5.74) is 6.33. The molecule has 1 aromatic rings. The van der Waals surface area contributed by atoms with E-state index in [2.05, 4.69) is 9.88 Å². The Kier molecular flexibility index (Phi) is 3.76. The fraction of sp³-hybridized carbons (Fsp3) is 0.615. The van der Waals surface area contributed by atoms with E-state index in [0.717, 1.165) is 18.7 Å². The van der Waals surface area contributed by atoms with Crippen molar-refractivity contribution in [1.82, 2.24) is 14.2 Å². The third-order valence-electron chi connectivity index (χ3n) is 3.97. The molecule has 0 unspecified atom stereocenters. The third kappa shape index (κ3) is 2.71. The van der Waals surface area contributed by atoms with E-state index in [1.807, 2.05) is 0 Å². The monoisotopic (exact) mass is 296 g/mol. The van der Waals surface area contributed by atoms with Crippen molar-refractivity contribution in [3.8, 4) is 0 Å². The van der Waals surface area contributed by atoms with Crippen LogP contribution in [0.15, 0.2) is 23.4 Å². The fourth-order valence-corrected chi connectivity index (χ4v) is 3.90. The molecule has 0 aromatic carbocycles. The molecule has 0 radical (unpaired) electrons. The summed E-state index contributed by atoms with van der Waals surface area (Å²) in [5.74, 6) is 0. The molecule has 6 nitrogen and oxygen atoms in total. The van der Waals surface area contributed by atoms with Crippen molar-refractivity contribution in [3.05, 3.63) is 23.9 Å². The second-order valence-corrected chi connectivity index (χ2v) is 7.26. The van der Waals surface area contributed by atoms with Crippen molar-refractivity contribution in [2.45, 2.75) is 30.5 Å². The summed E-state index contributed by atoms with van der Waals surface area (Å²) in [4.78, 5) is 6.43. The Morgan fingerprint density at radius 1 is 1.20 bits per heavy atom. The second-order valence-electron chi connectivity index (χ2n) is 5.38. The third-order valence-corrected chi connectivity index (χ3v) is 5.79. The highest BCUT2D eigenvalue weighted by atomic mass is 32.2. The number of rotatable bonds is 4. The molecular formula is C13H20N4O2S. The van der Waals surface area contributed by atoms with Crippen LogP contribution in [0.4, 0.5) is 0 Å². The van der Waals surface area contributed by atoms with Crippen molar-refractivity contribution in [3.63, 3.8) is 0 Å². The zero-order chi connectivity index (χ0) is 14.2. The summed E-state index contributed by atoms with van der Waals surface area (Å²) >= 11 is 0. The zero-order valence-corrected chi connectivity index (χ0v) is 12.2. The highest BCUT2D eigenvalue weighted by Gasteiger charge is 2.35. The highest BCUT2D eigenvalue weighted by molar-refractivity contribution is 7.89. The zero-order valence-electron chi connectivity index (χ0n) is 11.4. The van der Waals surface area contributed by atoms with Crippen molar-refractivity contribution in [2.24, 2.45) is 5.73 Å². The number of hydrogen-bond acceptors (Lipinski definition) is 5. The maximum Gasteiger partial charge on any atom is 0.260 e. The summed E-state index contributed by atoms with van der Waals surface area (Å²) < 4.78 is 26.5. The minimum absolute atomic E-state index is 0.120. The lowest BCUT2D eigenvalue weighted by atomic mass is 10.3. The summed E-state index contributed by atoms with van der Waals surface area (Å²) in [7, 11) is -3.46. The SMILES string of the molecule is NCc1ccc(S(=O)(=O)N2CCN(C3CC3)CC2)nc1. The fourth-order valence-electron chi connectivity index (χ4n) is 2.57. The molecule has 1 saturated carbocycles. The molecule has 2 fully saturated rings. The Hall–Kier alpha value is -1.02. The second kappa shape index (κ2) is 5.40. The first-order valence-corrected chi connectivity index (χ1v) is 8.44. The molecule has 0 atom stereocenters. The lowest BCUT2D eigenvalue weighted by molar-refractivity contribution is 0.180. The van der Waals surface area contributed by atoms with Gasteiger partial charge >= 0.3 is 0 Å². The van der Waals surface area contributed by atoms with Crippen LogP contribution in [0, 0.1) is 0 Å². The van der Waals surface area contributed by atoms with Crippen LogP contribution in [0.3, 0.4) is 0 Å². The number of aromatic nitrogens is 1.